The molecule has 0 saturated heterocycles. The maximum absolute atomic E-state index is 13.0. The number of ether oxygens (including phenoxy) is 2. The number of hydroxylamine groups is 1. The van der Waals surface area contributed by atoms with Crippen LogP contribution in [-0.2, 0) is 4.79 Å². The molecule has 1 unspecified atom stereocenters. The highest BCUT2D eigenvalue weighted by Crippen LogP contribution is 2.30. The van der Waals surface area contributed by atoms with Crippen molar-refractivity contribution in [1.82, 2.24) is 5.48 Å². The maximum Gasteiger partial charge on any atom is 0.243 e. The minimum Gasteiger partial charge on any atom is -0.497 e. The van der Waals surface area contributed by atoms with Gasteiger partial charge in [-0.3, -0.25) is 14.8 Å². The first-order valence-electron chi connectivity index (χ1n) is 8.73. The Labute approximate surface area is 163 Å². The van der Waals surface area contributed by atoms with Crippen LogP contribution in [0.1, 0.15) is 46.7 Å². The molecule has 0 aliphatic heterocycles. The number of nitrogens with zero attached hydrogens (tertiary/aromatic N) is 1. The smallest absolute Gasteiger partial charge is 0.243 e. The normalized spacial score (nSPS) is 11.2. The van der Waals surface area contributed by atoms with E-state index in [-0.39, 0.29) is 12.2 Å². The van der Waals surface area contributed by atoms with E-state index in [1.165, 1.54) is 7.11 Å². The van der Waals surface area contributed by atoms with Crippen molar-refractivity contribution in [2.24, 2.45) is 0 Å². The number of benzene rings is 2. The van der Waals surface area contributed by atoms with Crippen LogP contribution in [0.5, 0.6) is 11.5 Å². The van der Waals surface area contributed by atoms with Gasteiger partial charge in [0.25, 0.3) is 0 Å². The van der Waals surface area contributed by atoms with Crippen LogP contribution in [0.3, 0.4) is 0 Å². The lowest BCUT2D eigenvalue weighted by molar-refractivity contribution is -0.129. The third-order valence-corrected chi connectivity index (χ3v) is 4.41. The molecule has 2 rings (SSSR count). The third-order valence-electron chi connectivity index (χ3n) is 4.41. The summed E-state index contributed by atoms with van der Waals surface area (Å²) in [6.07, 6.45) is 0.832. The molecule has 146 valence electrons. The molecular weight excluding hydrogens is 360 g/mol. The van der Waals surface area contributed by atoms with Crippen LogP contribution in [0.2, 0.25) is 0 Å². The Balaban J connectivity index is 2.34. The Morgan fingerprint density at radius 2 is 1.75 bits per heavy atom. The molecule has 0 aliphatic rings. The number of carbonyl (C=O) groups is 2. The zero-order chi connectivity index (χ0) is 20.5. The summed E-state index contributed by atoms with van der Waals surface area (Å²) in [6, 6.07) is 13.9. The quantitative estimate of drug-likeness (QED) is 0.392. The van der Waals surface area contributed by atoms with Crippen LogP contribution < -0.4 is 15.0 Å². The molecule has 0 fully saturated rings. The largest absolute Gasteiger partial charge is 0.497 e. The molecule has 2 N–H and O–H groups in total. The van der Waals surface area contributed by atoms with Crippen LogP contribution in [0.4, 0.5) is 0 Å². The van der Waals surface area contributed by atoms with Gasteiger partial charge in [-0.2, -0.15) is 5.26 Å². The standard InChI is InChI=1S/C21H22N2O5/c1-27-16-8-6-14(7-9-16)21(25)18-11-10-17(28-2)12-19(18)15(13-22)4-3-5-20(24)23-26/h6-12,15,26H,3-5H2,1-2H3,(H,23,24). The molecule has 28 heavy (non-hydrogen) atoms. The van der Waals surface area contributed by atoms with Gasteiger partial charge in [0, 0.05) is 17.5 Å². The van der Waals surface area contributed by atoms with E-state index in [1.54, 1.807) is 55.1 Å². The fraction of sp³-hybridized carbons (Fsp3) is 0.286. The third kappa shape index (κ3) is 5.09. The molecule has 2 aromatic carbocycles. The number of amides is 1. The zero-order valence-corrected chi connectivity index (χ0v) is 15.8. The summed E-state index contributed by atoms with van der Waals surface area (Å²) < 4.78 is 10.4. The summed E-state index contributed by atoms with van der Waals surface area (Å²) in [4.78, 5) is 24.2. The molecule has 1 amide bonds. The lowest BCUT2D eigenvalue weighted by atomic mass is 9.87. The van der Waals surface area contributed by atoms with Crippen molar-refractivity contribution < 1.29 is 24.3 Å². The Hall–Kier alpha value is -3.37. The SMILES string of the molecule is COc1ccc(C(=O)c2ccc(OC)cc2C(C#N)CCCC(=O)NO)cc1. The second kappa shape index (κ2) is 10.1. The van der Waals surface area contributed by atoms with Gasteiger partial charge in [-0.1, -0.05) is 0 Å². The summed E-state index contributed by atoms with van der Waals surface area (Å²) in [5.74, 6) is -0.150. The van der Waals surface area contributed by atoms with Crippen LogP contribution in [0, 0.1) is 11.3 Å². The minimum atomic E-state index is -0.598. The highest BCUT2D eigenvalue weighted by molar-refractivity contribution is 6.10. The van der Waals surface area contributed by atoms with Crippen molar-refractivity contribution in [3.05, 3.63) is 59.2 Å². The van der Waals surface area contributed by atoms with E-state index in [9.17, 15) is 14.9 Å². The number of hydrogen-bond acceptors (Lipinski definition) is 6. The average Bonchev–Trinajstić information content (AvgIpc) is 2.75. The van der Waals surface area contributed by atoms with E-state index in [0.717, 1.165) is 0 Å². The van der Waals surface area contributed by atoms with Gasteiger partial charge in [0.15, 0.2) is 5.78 Å². The van der Waals surface area contributed by atoms with E-state index < -0.39 is 11.8 Å². The highest BCUT2D eigenvalue weighted by Gasteiger charge is 2.21. The summed E-state index contributed by atoms with van der Waals surface area (Å²) >= 11 is 0. The highest BCUT2D eigenvalue weighted by atomic mass is 16.5. The second-order valence-electron chi connectivity index (χ2n) is 6.12. The van der Waals surface area contributed by atoms with Gasteiger partial charge in [0.2, 0.25) is 5.91 Å². The molecule has 0 aromatic heterocycles. The van der Waals surface area contributed by atoms with Crippen molar-refractivity contribution in [2.75, 3.05) is 14.2 Å². The van der Waals surface area contributed by atoms with E-state index in [1.807, 2.05) is 0 Å². The van der Waals surface area contributed by atoms with E-state index in [0.29, 0.717) is 41.0 Å². The van der Waals surface area contributed by atoms with Crippen molar-refractivity contribution in [2.45, 2.75) is 25.2 Å². The Morgan fingerprint density at radius 1 is 1.11 bits per heavy atom. The van der Waals surface area contributed by atoms with Crippen LogP contribution in [0.25, 0.3) is 0 Å². The first-order chi connectivity index (χ1) is 13.5. The first-order valence-corrected chi connectivity index (χ1v) is 8.73. The van der Waals surface area contributed by atoms with Crippen LogP contribution in [0.15, 0.2) is 42.5 Å². The monoisotopic (exact) mass is 382 g/mol. The Kier molecular flexibility index (Phi) is 7.55. The first kappa shape index (κ1) is 20.9. The van der Waals surface area contributed by atoms with Crippen LogP contribution in [-0.4, -0.2) is 31.1 Å². The molecule has 2 aromatic rings. The lowest BCUT2D eigenvalue weighted by Crippen LogP contribution is -2.18. The van der Waals surface area contributed by atoms with Gasteiger partial charge in [-0.25, -0.2) is 5.48 Å². The predicted octanol–water partition coefficient (Wildman–Crippen LogP) is 3.22. The van der Waals surface area contributed by atoms with Crippen molar-refractivity contribution >= 4 is 11.7 Å². The number of hydrogen-bond donors (Lipinski definition) is 2. The number of nitrogens with one attached hydrogen (secondary N) is 1. The number of nitriles is 1. The fourth-order valence-electron chi connectivity index (χ4n) is 2.87. The molecule has 0 saturated carbocycles. The second-order valence-corrected chi connectivity index (χ2v) is 6.12. The fourth-order valence-corrected chi connectivity index (χ4v) is 2.87. The van der Waals surface area contributed by atoms with Crippen molar-refractivity contribution in [1.29, 1.82) is 5.26 Å². The van der Waals surface area contributed by atoms with E-state index in [2.05, 4.69) is 6.07 Å². The minimum absolute atomic E-state index is 0.0837. The summed E-state index contributed by atoms with van der Waals surface area (Å²) in [6.45, 7) is 0. The summed E-state index contributed by atoms with van der Waals surface area (Å²) in [5.41, 5.74) is 3.00. The van der Waals surface area contributed by atoms with Gasteiger partial charge in [0.1, 0.15) is 11.5 Å². The Morgan fingerprint density at radius 3 is 2.32 bits per heavy atom. The summed E-state index contributed by atoms with van der Waals surface area (Å²) in [7, 11) is 3.06. The predicted molar refractivity (Wildman–Crippen MR) is 102 cm³/mol. The molecular formula is C21H22N2O5. The lowest BCUT2D eigenvalue weighted by Gasteiger charge is -2.15. The van der Waals surface area contributed by atoms with E-state index >= 15 is 0 Å². The maximum atomic E-state index is 13.0. The molecule has 7 heteroatoms. The number of rotatable bonds is 9. The zero-order valence-electron chi connectivity index (χ0n) is 15.8. The van der Waals surface area contributed by atoms with Gasteiger partial charge in [-0.15, -0.1) is 0 Å². The number of methoxy groups -OCH3 is 2. The molecule has 0 aliphatic carbocycles. The van der Waals surface area contributed by atoms with Gasteiger partial charge >= 0.3 is 0 Å². The molecule has 0 spiro atoms. The van der Waals surface area contributed by atoms with Gasteiger partial charge in [-0.05, 0) is 60.9 Å². The topological polar surface area (TPSA) is 109 Å². The molecule has 0 heterocycles. The Bertz CT molecular complexity index is 871. The number of ketones is 1. The molecule has 1 atom stereocenters. The van der Waals surface area contributed by atoms with E-state index in [4.69, 9.17) is 14.7 Å². The average molecular weight is 382 g/mol. The van der Waals surface area contributed by atoms with Crippen LogP contribution >= 0.6 is 0 Å². The van der Waals surface area contributed by atoms with Gasteiger partial charge in [0.05, 0.1) is 26.2 Å². The van der Waals surface area contributed by atoms with Crippen molar-refractivity contribution in [3.8, 4) is 17.6 Å². The molecule has 0 radical (unpaired) electrons. The van der Waals surface area contributed by atoms with Crippen molar-refractivity contribution in [3.63, 3.8) is 0 Å². The van der Waals surface area contributed by atoms with Gasteiger partial charge < -0.3 is 9.47 Å². The molecule has 7 nitrogen and oxygen atoms in total. The summed E-state index contributed by atoms with van der Waals surface area (Å²) in [5, 5.41) is 18.2. The number of carbonyl (C=O) groups excluding carboxylic acids is 2. The molecule has 0 bridgehead atoms.